The van der Waals surface area contributed by atoms with E-state index in [2.05, 4.69) is 5.92 Å². The van der Waals surface area contributed by atoms with Gasteiger partial charge in [0.1, 0.15) is 5.82 Å². The number of terminal acetylenes is 1. The van der Waals surface area contributed by atoms with Gasteiger partial charge in [0, 0.05) is 5.92 Å². The van der Waals surface area contributed by atoms with Crippen LogP contribution in [-0.4, -0.2) is 6.67 Å². The molecule has 0 radical (unpaired) electrons. The van der Waals surface area contributed by atoms with Gasteiger partial charge in [0.05, 0.1) is 12.2 Å². The van der Waals surface area contributed by atoms with Crippen LogP contribution in [0.4, 0.5) is 8.78 Å². The minimum absolute atomic E-state index is 0.192. The maximum atomic E-state index is 13.4. The van der Waals surface area contributed by atoms with Gasteiger partial charge in [0.2, 0.25) is 0 Å². The van der Waals surface area contributed by atoms with E-state index in [1.54, 1.807) is 19.1 Å². The lowest BCUT2D eigenvalue weighted by Crippen LogP contribution is -2.00. The molecule has 1 rings (SSSR count). The molecule has 0 aliphatic carbocycles. The Morgan fingerprint density at radius 2 is 2.23 bits per heavy atom. The zero-order valence-electron chi connectivity index (χ0n) is 7.35. The van der Waals surface area contributed by atoms with Crippen molar-refractivity contribution in [2.24, 2.45) is 0 Å². The van der Waals surface area contributed by atoms with Gasteiger partial charge in [-0.2, -0.15) is 0 Å². The molecule has 0 nitrogen and oxygen atoms in total. The number of benzene rings is 1. The van der Waals surface area contributed by atoms with Crippen LogP contribution < -0.4 is 0 Å². The second-order valence-corrected chi connectivity index (χ2v) is 2.91. The SMILES string of the molecule is C#Cc1cccc(C(C)CF)c1F. The second kappa shape index (κ2) is 4.04. The first kappa shape index (κ1) is 9.73. The summed E-state index contributed by atoms with van der Waals surface area (Å²) in [6.45, 7) is 1.05. The standard InChI is InChI=1S/C11H10F2/c1-3-9-5-4-6-10(11(9)13)8(2)7-12/h1,4-6,8H,7H2,2H3. The van der Waals surface area contributed by atoms with Crippen LogP contribution in [0.25, 0.3) is 0 Å². The molecule has 1 aromatic carbocycles. The van der Waals surface area contributed by atoms with E-state index in [0.29, 0.717) is 5.56 Å². The quantitative estimate of drug-likeness (QED) is 0.614. The highest BCUT2D eigenvalue weighted by Gasteiger charge is 2.12. The monoisotopic (exact) mass is 180 g/mol. The van der Waals surface area contributed by atoms with Gasteiger partial charge < -0.3 is 0 Å². The van der Waals surface area contributed by atoms with Crippen molar-refractivity contribution in [3.8, 4) is 12.3 Å². The second-order valence-electron chi connectivity index (χ2n) is 2.91. The van der Waals surface area contributed by atoms with Crippen molar-refractivity contribution in [3.63, 3.8) is 0 Å². The van der Waals surface area contributed by atoms with Crippen molar-refractivity contribution < 1.29 is 8.78 Å². The van der Waals surface area contributed by atoms with Gasteiger partial charge in [-0.15, -0.1) is 6.42 Å². The van der Waals surface area contributed by atoms with Crippen LogP contribution in [0.1, 0.15) is 24.0 Å². The first-order valence-corrected chi connectivity index (χ1v) is 4.01. The van der Waals surface area contributed by atoms with Crippen LogP contribution in [0.3, 0.4) is 0 Å². The van der Waals surface area contributed by atoms with Crippen molar-refractivity contribution in [3.05, 3.63) is 35.1 Å². The lowest BCUT2D eigenvalue weighted by Gasteiger charge is -2.08. The smallest absolute Gasteiger partial charge is 0.142 e. The van der Waals surface area contributed by atoms with E-state index in [1.807, 2.05) is 0 Å². The molecule has 0 heterocycles. The van der Waals surface area contributed by atoms with Gasteiger partial charge in [0.15, 0.2) is 0 Å². The van der Waals surface area contributed by atoms with Gasteiger partial charge in [-0.3, -0.25) is 4.39 Å². The van der Waals surface area contributed by atoms with E-state index in [4.69, 9.17) is 6.42 Å². The Morgan fingerprint density at radius 1 is 1.54 bits per heavy atom. The van der Waals surface area contributed by atoms with E-state index in [0.717, 1.165) is 0 Å². The van der Waals surface area contributed by atoms with Crippen molar-refractivity contribution in [1.82, 2.24) is 0 Å². The largest absolute Gasteiger partial charge is 0.250 e. The lowest BCUT2D eigenvalue weighted by atomic mass is 9.99. The molecule has 2 heteroatoms. The maximum absolute atomic E-state index is 13.4. The fourth-order valence-corrected chi connectivity index (χ4v) is 1.13. The lowest BCUT2D eigenvalue weighted by molar-refractivity contribution is 0.436. The molecule has 0 aromatic heterocycles. The van der Waals surface area contributed by atoms with Crippen LogP contribution in [0.15, 0.2) is 18.2 Å². The fourth-order valence-electron chi connectivity index (χ4n) is 1.13. The summed E-state index contributed by atoms with van der Waals surface area (Å²) in [4.78, 5) is 0. The topological polar surface area (TPSA) is 0 Å². The Morgan fingerprint density at radius 3 is 2.77 bits per heavy atom. The molecular weight excluding hydrogens is 170 g/mol. The first-order valence-electron chi connectivity index (χ1n) is 4.01. The molecule has 0 amide bonds. The van der Waals surface area contributed by atoms with E-state index in [-0.39, 0.29) is 5.56 Å². The summed E-state index contributed by atoms with van der Waals surface area (Å²) in [7, 11) is 0. The molecule has 1 aromatic rings. The van der Waals surface area contributed by atoms with Crippen molar-refractivity contribution in [1.29, 1.82) is 0 Å². The summed E-state index contributed by atoms with van der Waals surface area (Å²) in [6.07, 6.45) is 5.08. The van der Waals surface area contributed by atoms with Gasteiger partial charge in [0.25, 0.3) is 0 Å². The van der Waals surface area contributed by atoms with Crippen molar-refractivity contribution in [2.45, 2.75) is 12.8 Å². The fraction of sp³-hybridized carbons (Fsp3) is 0.273. The maximum Gasteiger partial charge on any atom is 0.142 e. The van der Waals surface area contributed by atoms with E-state index < -0.39 is 18.4 Å². The summed E-state index contributed by atoms with van der Waals surface area (Å²) in [5, 5.41) is 0. The van der Waals surface area contributed by atoms with Crippen LogP contribution in [0.2, 0.25) is 0 Å². The van der Waals surface area contributed by atoms with Gasteiger partial charge in [-0.25, -0.2) is 4.39 Å². The molecule has 0 fully saturated rings. The minimum atomic E-state index is -0.578. The molecule has 0 spiro atoms. The third-order valence-corrected chi connectivity index (χ3v) is 1.95. The van der Waals surface area contributed by atoms with E-state index >= 15 is 0 Å². The van der Waals surface area contributed by atoms with Crippen LogP contribution in [-0.2, 0) is 0 Å². The van der Waals surface area contributed by atoms with Gasteiger partial charge >= 0.3 is 0 Å². The zero-order chi connectivity index (χ0) is 9.84. The first-order chi connectivity index (χ1) is 6.20. The highest BCUT2D eigenvalue weighted by molar-refractivity contribution is 5.38. The molecule has 68 valence electrons. The number of hydrogen-bond donors (Lipinski definition) is 0. The van der Waals surface area contributed by atoms with Crippen LogP contribution in [0, 0.1) is 18.2 Å². The summed E-state index contributed by atoms with van der Waals surface area (Å²) >= 11 is 0. The molecule has 0 N–H and O–H groups in total. The predicted octanol–water partition coefficient (Wildman–Crippen LogP) is 2.88. The molecule has 0 aliphatic rings. The van der Waals surface area contributed by atoms with Crippen LogP contribution >= 0.6 is 0 Å². The minimum Gasteiger partial charge on any atom is -0.250 e. The number of hydrogen-bond acceptors (Lipinski definition) is 0. The molecule has 13 heavy (non-hydrogen) atoms. The molecule has 1 atom stereocenters. The highest BCUT2D eigenvalue weighted by atomic mass is 19.1. The van der Waals surface area contributed by atoms with Crippen molar-refractivity contribution >= 4 is 0 Å². The predicted molar refractivity (Wildman–Crippen MR) is 48.7 cm³/mol. The van der Waals surface area contributed by atoms with Gasteiger partial charge in [-0.05, 0) is 11.6 Å². The molecule has 0 saturated carbocycles. The third kappa shape index (κ3) is 1.86. The zero-order valence-corrected chi connectivity index (χ0v) is 7.35. The normalized spacial score (nSPS) is 12.2. The molecule has 0 aliphatic heterocycles. The average molecular weight is 180 g/mol. The molecule has 0 saturated heterocycles. The Balaban J connectivity index is 3.17. The number of alkyl halides is 1. The molecular formula is C11H10F2. The summed E-state index contributed by atoms with van der Waals surface area (Å²) in [5.74, 6) is 1.30. The Hall–Kier alpha value is -1.36. The number of halogens is 2. The Kier molecular flexibility index (Phi) is 3.02. The Bertz CT molecular complexity index is 336. The summed E-state index contributed by atoms with van der Waals surface area (Å²) < 4.78 is 25.7. The molecule has 1 unspecified atom stereocenters. The number of rotatable bonds is 2. The third-order valence-electron chi connectivity index (χ3n) is 1.95. The van der Waals surface area contributed by atoms with E-state index in [9.17, 15) is 8.78 Å². The summed E-state index contributed by atoms with van der Waals surface area (Å²) in [5.41, 5.74) is 0.538. The Labute approximate surface area is 76.6 Å². The average Bonchev–Trinajstić information content (AvgIpc) is 2.17. The van der Waals surface area contributed by atoms with E-state index in [1.165, 1.54) is 6.07 Å². The van der Waals surface area contributed by atoms with Gasteiger partial charge in [-0.1, -0.05) is 25.0 Å². The highest BCUT2D eigenvalue weighted by Crippen LogP contribution is 2.21. The van der Waals surface area contributed by atoms with Crippen LogP contribution in [0.5, 0.6) is 0 Å². The summed E-state index contributed by atoms with van der Waals surface area (Å²) in [6, 6.07) is 4.70. The molecule has 0 bridgehead atoms. The van der Waals surface area contributed by atoms with Crippen molar-refractivity contribution in [2.75, 3.05) is 6.67 Å².